The minimum atomic E-state index is -2.95. The average molecular weight is 367 g/mol. The van der Waals surface area contributed by atoms with Crippen molar-refractivity contribution in [1.82, 2.24) is 5.32 Å². The number of carbonyl (C=O) groups excluding carboxylic acids is 1. The molecule has 0 heterocycles. The minimum absolute atomic E-state index is 0.0968. The van der Waals surface area contributed by atoms with Gasteiger partial charge in [0.2, 0.25) is 0 Å². The lowest BCUT2D eigenvalue weighted by Gasteiger charge is -2.04. The molecule has 6 heteroatoms. The molecule has 4 nitrogen and oxygen atoms in total. The van der Waals surface area contributed by atoms with Crippen LogP contribution in [0.5, 0.6) is 0 Å². The SMILES string of the molecule is CS(=O)(=O)CCCNC(=O)c1cccc(I)c1. The van der Waals surface area contributed by atoms with Crippen molar-refractivity contribution in [3.05, 3.63) is 33.4 Å². The standard InChI is InChI=1S/C11H14INO3S/c1-17(15,16)7-3-6-13-11(14)9-4-2-5-10(12)8-9/h2,4-5,8H,3,6-7H2,1H3,(H,13,14). The first-order valence-electron chi connectivity index (χ1n) is 5.10. The fourth-order valence-corrected chi connectivity index (χ4v) is 2.48. The molecule has 1 N–H and O–H groups in total. The van der Waals surface area contributed by atoms with Crippen molar-refractivity contribution in [1.29, 1.82) is 0 Å². The van der Waals surface area contributed by atoms with Crippen LogP contribution in [0.25, 0.3) is 0 Å². The van der Waals surface area contributed by atoms with E-state index in [0.29, 0.717) is 18.5 Å². The predicted molar refractivity (Wildman–Crippen MR) is 75.8 cm³/mol. The third-order valence-electron chi connectivity index (χ3n) is 2.06. The topological polar surface area (TPSA) is 63.2 Å². The molecule has 1 aromatic carbocycles. The van der Waals surface area contributed by atoms with Gasteiger partial charge in [0, 0.05) is 21.9 Å². The zero-order valence-corrected chi connectivity index (χ0v) is 12.4. The zero-order valence-electron chi connectivity index (χ0n) is 9.44. The van der Waals surface area contributed by atoms with Crippen molar-refractivity contribution in [3.63, 3.8) is 0 Å². The molecule has 1 aromatic rings. The van der Waals surface area contributed by atoms with Gasteiger partial charge in [0.05, 0.1) is 5.75 Å². The van der Waals surface area contributed by atoms with Gasteiger partial charge in [0.1, 0.15) is 9.84 Å². The highest BCUT2D eigenvalue weighted by molar-refractivity contribution is 14.1. The summed E-state index contributed by atoms with van der Waals surface area (Å²) in [5.41, 5.74) is 0.594. The van der Waals surface area contributed by atoms with E-state index in [9.17, 15) is 13.2 Å². The molecular weight excluding hydrogens is 353 g/mol. The van der Waals surface area contributed by atoms with E-state index in [4.69, 9.17) is 0 Å². The molecule has 0 saturated carbocycles. The summed E-state index contributed by atoms with van der Waals surface area (Å²) in [5, 5.41) is 2.69. The number of carbonyl (C=O) groups is 1. The van der Waals surface area contributed by atoms with Crippen LogP contribution >= 0.6 is 22.6 Å². The van der Waals surface area contributed by atoms with Gasteiger partial charge in [-0.15, -0.1) is 0 Å². The Bertz CT molecular complexity index is 499. The van der Waals surface area contributed by atoms with Gasteiger partial charge in [-0.25, -0.2) is 8.42 Å². The molecule has 17 heavy (non-hydrogen) atoms. The van der Waals surface area contributed by atoms with Crippen molar-refractivity contribution in [2.45, 2.75) is 6.42 Å². The van der Waals surface area contributed by atoms with Crippen LogP contribution in [-0.4, -0.2) is 32.9 Å². The first-order chi connectivity index (χ1) is 7.88. The van der Waals surface area contributed by atoms with Gasteiger partial charge >= 0.3 is 0 Å². The van der Waals surface area contributed by atoms with E-state index in [-0.39, 0.29) is 11.7 Å². The maximum atomic E-state index is 11.7. The Morgan fingerprint density at radius 1 is 1.41 bits per heavy atom. The van der Waals surface area contributed by atoms with Crippen molar-refractivity contribution < 1.29 is 13.2 Å². The second-order valence-electron chi connectivity index (χ2n) is 3.75. The molecule has 0 saturated heterocycles. The summed E-state index contributed by atoms with van der Waals surface area (Å²) in [7, 11) is -2.95. The lowest BCUT2D eigenvalue weighted by Crippen LogP contribution is -2.25. The van der Waals surface area contributed by atoms with Gasteiger partial charge < -0.3 is 5.32 Å². The molecular formula is C11H14INO3S. The average Bonchev–Trinajstić information content (AvgIpc) is 2.23. The van der Waals surface area contributed by atoms with Gasteiger partial charge in [0.25, 0.3) is 5.91 Å². The Morgan fingerprint density at radius 3 is 2.71 bits per heavy atom. The van der Waals surface area contributed by atoms with Gasteiger partial charge in [-0.3, -0.25) is 4.79 Å². The third kappa shape index (κ3) is 6.02. The van der Waals surface area contributed by atoms with Crippen LogP contribution in [0.4, 0.5) is 0 Å². The molecule has 0 aromatic heterocycles. The fourth-order valence-electron chi connectivity index (χ4n) is 1.27. The highest BCUT2D eigenvalue weighted by Crippen LogP contribution is 2.07. The highest BCUT2D eigenvalue weighted by Gasteiger charge is 2.06. The Kier molecular flexibility index (Phi) is 5.38. The molecule has 1 rings (SSSR count). The first kappa shape index (κ1) is 14.4. The summed E-state index contributed by atoms with van der Waals surface area (Å²) >= 11 is 2.14. The lowest BCUT2D eigenvalue weighted by molar-refractivity contribution is 0.0953. The molecule has 0 unspecified atom stereocenters. The number of amides is 1. The van der Waals surface area contributed by atoms with E-state index in [1.807, 2.05) is 12.1 Å². The second kappa shape index (κ2) is 6.34. The summed E-state index contributed by atoms with van der Waals surface area (Å²) in [6, 6.07) is 7.23. The van der Waals surface area contributed by atoms with E-state index < -0.39 is 9.84 Å². The van der Waals surface area contributed by atoms with Gasteiger partial charge in [-0.2, -0.15) is 0 Å². The molecule has 0 aliphatic rings. The Hall–Kier alpha value is -0.630. The van der Waals surface area contributed by atoms with Crippen molar-refractivity contribution in [2.24, 2.45) is 0 Å². The summed E-state index contributed by atoms with van der Waals surface area (Å²) in [6.07, 6.45) is 1.63. The Balaban J connectivity index is 2.41. The highest BCUT2D eigenvalue weighted by atomic mass is 127. The Morgan fingerprint density at radius 2 is 2.12 bits per heavy atom. The molecule has 0 fully saturated rings. The number of halogens is 1. The maximum Gasteiger partial charge on any atom is 0.251 e. The number of nitrogens with one attached hydrogen (secondary N) is 1. The predicted octanol–water partition coefficient (Wildman–Crippen LogP) is 1.46. The molecule has 94 valence electrons. The van der Waals surface area contributed by atoms with Crippen LogP contribution in [0.3, 0.4) is 0 Å². The van der Waals surface area contributed by atoms with Crippen molar-refractivity contribution in [3.8, 4) is 0 Å². The van der Waals surface area contributed by atoms with Crippen molar-refractivity contribution in [2.75, 3.05) is 18.6 Å². The van der Waals surface area contributed by atoms with E-state index in [1.165, 1.54) is 6.26 Å². The number of rotatable bonds is 5. The summed E-state index contributed by atoms with van der Waals surface area (Å²) in [4.78, 5) is 11.7. The third-order valence-corrected chi connectivity index (χ3v) is 3.77. The first-order valence-corrected chi connectivity index (χ1v) is 8.24. The molecule has 0 aliphatic carbocycles. The maximum absolute atomic E-state index is 11.7. The second-order valence-corrected chi connectivity index (χ2v) is 7.26. The van der Waals surface area contributed by atoms with Gasteiger partial charge in [-0.1, -0.05) is 6.07 Å². The smallest absolute Gasteiger partial charge is 0.251 e. The molecule has 0 atom stereocenters. The van der Waals surface area contributed by atoms with E-state index in [1.54, 1.807) is 12.1 Å². The van der Waals surface area contributed by atoms with Crippen LogP contribution in [0, 0.1) is 3.57 Å². The largest absolute Gasteiger partial charge is 0.352 e. The number of hydrogen-bond acceptors (Lipinski definition) is 3. The van der Waals surface area contributed by atoms with E-state index in [0.717, 1.165) is 3.57 Å². The molecule has 0 bridgehead atoms. The van der Waals surface area contributed by atoms with Crippen LogP contribution in [0.15, 0.2) is 24.3 Å². The molecule has 0 radical (unpaired) electrons. The van der Waals surface area contributed by atoms with Gasteiger partial charge in [0.15, 0.2) is 0 Å². The van der Waals surface area contributed by atoms with E-state index in [2.05, 4.69) is 27.9 Å². The van der Waals surface area contributed by atoms with Gasteiger partial charge in [-0.05, 0) is 47.2 Å². The van der Waals surface area contributed by atoms with Crippen LogP contribution < -0.4 is 5.32 Å². The number of hydrogen-bond donors (Lipinski definition) is 1. The summed E-state index contributed by atoms with van der Waals surface area (Å²) in [5.74, 6) is -0.0726. The summed E-state index contributed by atoms with van der Waals surface area (Å²) in [6.45, 7) is 0.372. The molecule has 1 amide bonds. The van der Waals surface area contributed by atoms with Crippen LogP contribution in [0.2, 0.25) is 0 Å². The van der Waals surface area contributed by atoms with E-state index >= 15 is 0 Å². The Labute approximate surface area is 115 Å². The van der Waals surface area contributed by atoms with Crippen LogP contribution in [-0.2, 0) is 9.84 Å². The number of benzene rings is 1. The van der Waals surface area contributed by atoms with Crippen molar-refractivity contribution >= 4 is 38.3 Å². The number of sulfone groups is 1. The lowest BCUT2D eigenvalue weighted by atomic mass is 10.2. The van der Waals surface area contributed by atoms with Crippen LogP contribution in [0.1, 0.15) is 16.8 Å². The normalized spacial score (nSPS) is 11.2. The minimum Gasteiger partial charge on any atom is -0.352 e. The quantitative estimate of drug-likeness (QED) is 0.633. The summed E-state index contributed by atoms with van der Waals surface area (Å²) < 4.78 is 22.7. The molecule has 0 aliphatic heterocycles. The monoisotopic (exact) mass is 367 g/mol. The zero-order chi connectivity index (χ0) is 12.9. The molecule has 0 spiro atoms. The fraction of sp³-hybridized carbons (Fsp3) is 0.364.